The van der Waals surface area contributed by atoms with Gasteiger partial charge < -0.3 is 4.90 Å². The van der Waals surface area contributed by atoms with Gasteiger partial charge in [-0.15, -0.1) is 0 Å². The monoisotopic (exact) mass is 285 g/mol. The number of anilines is 1. The number of hydrogen-bond donors (Lipinski definition) is 1. The molecule has 1 aromatic heterocycles. The molecule has 0 unspecified atom stereocenters. The topological polar surface area (TPSA) is 53.4 Å². The minimum Gasteiger partial charge on any atom is -0.375 e. The minimum atomic E-state index is 0.585. The van der Waals surface area contributed by atoms with Crippen molar-refractivity contribution in [3.8, 4) is 0 Å². The summed E-state index contributed by atoms with van der Waals surface area (Å²) in [5.74, 6) is 0.585. The lowest BCUT2D eigenvalue weighted by molar-refractivity contribution is 0.404. The van der Waals surface area contributed by atoms with Crippen LogP contribution in [0.2, 0.25) is 0 Å². The van der Waals surface area contributed by atoms with Crippen LogP contribution < -0.4 is 5.43 Å². The Labute approximate surface area is 126 Å². The molecule has 1 fully saturated rings. The zero-order valence-electron chi connectivity index (χ0n) is 12.9. The van der Waals surface area contributed by atoms with Gasteiger partial charge in [-0.25, -0.2) is 15.4 Å². The van der Waals surface area contributed by atoms with Crippen LogP contribution in [0.4, 0.5) is 5.95 Å². The van der Waals surface area contributed by atoms with Gasteiger partial charge in [0.1, 0.15) is 0 Å². The third-order valence-electron chi connectivity index (χ3n) is 3.99. The first-order valence-electron chi connectivity index (χ1n) is 7.81. The van der Waals surface area contributed by atoms with Crippen LogP contribution in [0.3, 0.4) is 0 Å². The molecular formula is C16H23N5. The highest BCUT2D eigenvalue weighted by atomic mass is 15.4. The fourth-order valence-corrected chi connectivity index (χ4v) is 3.03. The molecule has 2 aliphatic rings. The smallest absolute Gasteiger partial charge is 0.243 e. The Morgan fingerprint density at radius 2 is 1.76 bits per heavy atom. The van der Waals surface area contributed by atoms with E-state index in [0.717, 1.165) is 23.5 Å². The summed E-state index contributed by atoms with van der Waals surface area (Å²) in [6.07, 6.45) is 8.26. The van der Waals surface area contributed by atoms with Crippen molar-refractivity contribution in [2.75, 3.05) is 18.5 Å². The Balaban J connectivity index is 1.71. The van der Waals surface area contributed by atoms with E-state index in [2.05, 4.69) is 31.5 Å². The lowest BCUT2D eigenvalue weighted by Crippen LogP contribution is -2.22. The molecule has 0 saturated carbocycles. The molecule has 1 aromatic rings. The van der Waals surface area contributed by atoms with Gasteiger partial charge >= 0.3 is 0 Å². The first-order chi connectivity index (χ1) is 10.2. The fourth-order valence-electron chi connectivity index (χ4n) is 3.03. The molecule has 2 heterocycles. The van der Waals surface area contributed by atoms with Crippen molar-refractivity contribution < 1.29 is 0 Å². The zero-order valence-corrected chi connectivity index (χ0v) is 12.9. The predicted molar refractivity (Wildman–Crippen MR) is 85.3 cm³/mol. The second-order valence-electron chi connectivity index (χ2n) is 5.87. The molecule has 112 valence electrons. The Kier molecular flexibility index (Phi) is 4.18. The van der Waals surface area contributed by atoms with E-state index in [-0.39, 0.29) is 0 Å². The number of hydrogen-bond acceptors (Lipinski definition) is 5. The van der Waals surface area contributed by atoms with Crippen LogP contribution >= 0.6 is 0 Å². The van der Waals surface area contributed by atoms with Gasteiger partial charge in [-0.1, -0.05) is 0 Å². The number of nitrogens with zero attached hydrogens (tertiary/aromatic N) is 4. The number of likely N-dealkylation sites (tertiary alicyclic amines) is 1. The van der Waals surface area contributed by atoms with Crippen LogP contribution in [0.1, 0.15) is 43.5 Å². The van der Waals surface area contributed by atoms with Crippen molar-refractivity contribution in [2.45, 2.75) is 46.0 Å². The van der Waals surface area contributed by atoms with E-state index < -0.39 is 0 Å². The maximum absolute atomic E-state index is 4.50. The standard InChI is InChI=1S/C16H23N5/c1-12-10-13(2)18-16(17-12)20-19-14-6-5-7-15(11-14)21-8-3-4-9-21/h10-11H,3-9H2,1-2H3,(H,17,18,20)/b19-14+. The summed E-state index contributed by atoms with van der Waals surface area (Å²) in [6, 6.07) is 1.96. The van der Waals surface area contributed by atoms with E-state index in [1.807, 2.05) is 19.9 Å². The zero-order chi connectivity index (χ0) is 14.7. The Hall–Kier alpha value is -1.91. The summed E-state index contributed by atoms with van der Waals surface area (Å²) in [7, 11) is 0. The normalized spacial score (nSPS) is 20.8. The SMILES string of the molecule is Cc1cc(C)nc(N/N=C2/C=C(N3CCCC3)CCC2)n1. The summed E-state index contributed by atoms with van der Waals surface area (Å²) in [6.45, 7) is 6.34. The van der Waals surface area contributed by atoms with E-state index in [1.54, 1.807) is 0 Å². The van der Waals surface area contributed by atoms with Crippen molar-refractivity contribution in [3.63, 3.8) is 0 Å². The summed E-state index contributed by atoms with van der Waals surface area (Å²) in [5, 5.41) is 4.50. The molecule has 0 aromatic carbocycles. The molecule has 5 heteroatoms. The highest BCUT2D eigenvalue weighted by Gasteiger charge is 2.18. The van der Waals surface area contributed by atoms with Crippen molar-refractivity contribution in [1.29, 1.82) is 0 Å². The molecule has 5 nitrogen and oxygen atoms in total. The van der Waals surface area contributed by atoms with Crippen LogP contribution in [0, 0.1) is 13.8 Å². The number of aryl methyl sites for hydroxylation is 2. The van der Waals surface area contributed by atoms with Crippen molar-refractivity contribution in [1.82, 2.24) is 14.9 Å². The van der Waals surface area contributed by atoms with Gasteiger partial charge in [-0.3, -0.25) is 0 Å². The molecule has 1 saturated heterocycles. The number of hydrazone groups is 1. The second-order valence-corrected chi connectivity index (χ2v) is 5.87. The van der Waals surface area contributed by atoms with Gasteiger partial charge in [0, 0.05) is 30.2 Å². The van der Waals surface area contributed by atoms with Crippen LogP contribution in [0.25, 0.3) is 0 Å². The number of rotatable bonds is 3. The van der Waals surface area contributed by atoms with Crippen LogP contribution in [0.5, 0.6) is 0 Å². The van der Waals surface area contributed by atoms with Gasteiger partial charge in [0.2, 0.25) is 5.95 Å². The Bertz CT molecular complexity index is 550. The molecular weight excluding hydrogens is 262 g/mol. The van der Waals surface area contributed by atoms with E-state index in [9.17, 15) is 0 Å². The fraction of sp³-hybridized carbons (Fsp3) is 0.562. The summed E-state index contributed by atoms with van der Waals surface area (Å²) in [5.41, 5.74) is 7.48. The number of nitrogens with one attached hydrogen (secondary N) is 1. The Morgan fingerprint density at radius 3 is 2.48 bits per heavy atom. The quantitative estimate of drug-likeness (QED) is 0.867. The van der Waals surface area contributed by atoms with Crippen molar-refractivity contribution in [2.24, 2.45) is 5.10 Å². The summed E-state index contributed by atoms with van der Waals surface area (Å²) in [4.78, 5) is 11.2. The largest absolute Gasteiger partial charge is 0.375 e. The molecule has 0 radical (unpaired) electrons. The number of allylic oxidation sites excluding steroid dienone is 2. The maximum atomic E-state index is 4.50. The first-order valence-corrected chi connectivity index (χ1v) is 7.81. The van der Waals surface area contributed by atoms with E-state index >= 15 is 0 Å². The van der Waals surface area contributed by atoms with Crippen molar-refractivity contribution in [3.05, 3.63) is 29.2 Å². The first kappa shape index (κ1) is 14.0. The number of aromatic nitrogens is 2. The molecule has 0 amide bonds. The third kappa shape index (κ3) is 3.60. The van der Waals surface area contributed by atoms with E-state index in [1.165, 1.54) is 44.5 Å². The van der Waals surface area contributed by atoms with Crippen LogP contribution in [-0.2, 0) is 0 Å². The molecule has 21 heavy (non-hydrogen) atoms. The molecule has 3 rings (SSSR count). The third-order valence-corrected chi connectivity index (χ3v) is 3.99. The van der Waals surface area contributed by atoms with Crippen LogP contribution in [-0.4, -0.2) is 33.7 Å². The second kappa shape index (κ2) is 6.24. The van der Waals surface area contributed by atoms with Gasteiger partial charge in [0.25, 0.3) is 0 Å². The van der Waals surface area contributed by atoms with Crippen molar-refractivity contribution >= 4 is 11.7 Å². The highest BCUT2D eigenvalue weighted by molar-refractivity contribution is 5.96. The Morgan fingerprint density at radius 1 is 1.05 bits per heavy atom. The van der Waals surface area contributed by atoms with Gasteiger partial charge in [-0.05, 0) is 58.1 Å². The maximum Gasteiger partial charge on any atom is 0.243 e. The average Bonchev–Trinajstić information content (AvgIpc) is 2.99. The van der Waals surface area contributed by atoms with Gasteiger partial charge in [0.05, 0.1) is 5.71 Å². The lowest BCUT2D eigenvalue weighted by atomic mass is 10.0. The predicted octanol–water partition coefficient (Wildman–Crippen LogP) is 3.02. The van der Waals surface area contributed by atoms with Crippen LogP contribution in [0.15, 0.2) is 22.9 Å². The van der Waals surface area contributed by atoms with E-state index in [4.69, 9.17) is 0 Å². The highest BCUT2D eigenvalue weighted by Crippen LogP contribution is 2.23. The summed E-state index contributed by atoms with van der Waals surface area (Å²) >= 11 is 0. The van der Waals surface area contributed by atoms with E-state index in [0.29, 0.717) is 5.95 Å². The molecule has 0 bridgehead atoms. The lowest BCUT2D eigenvalue weighted by Gasteiger charge is -2.24. The van der Waals surface area contributed by atoms with Gasteiger partial charge in [0.15, 0.2) is 0 Å². The molecule has 1 aliphatic heterocycles. The molecule has 0 atom stereocenters. The minimum absolute atomic E-state index is 0.585. The average molecular weight is 285 g/mol. The summed E-state index contributed by atoms with van der Waals surface area (Å²) < 4.78 is 0. The molecule has 1 aliphatic carbocycles. The van der Waals surface area contributed by atoms with Gasteiger partial charge in [-0.2, -0.15) is 5.10 Å². The molecule has 1 N–H and O–H groups in total. The molecule has 0 spiro atoms.